The molecular formula is C24H28BrClF3NO4. The zero-order valence-electron chi connectivity index (χ0n) is 19.3. The number of carbonyl (C=O) groups is 2. The van der Waals surface area contributed by atoms with Gasteiger partial charge in [-0.15, -0.1) is 0 Å². The summed E-state index contributed by atoms with van der Waals surface area (Å²) < 4.78 is 41.1. The Morgan fingerprint density at radius 2 is 1.59 bits per heavy atom. The third kappa shape index (κ3) is 7.80. The van der Waals surface area contributed by atoms with E-state index in [0.717, 1.165) is 24.3 Å². The average Bonchev–Trinajstić information content (AvgIpc) is 2.73. The SMILES string of the molecule is CCN(CC)CC.Cc1cc(C(=O)CC(O)(c2cc(Cl)cc(Br)c2)C(F)(F)F)ccc1C(=O)O. The van der Waals surface area contributed by atoms with E-state index < -0.39 is 35.5 Å². The van der Waals surface area contributed by atoms with E-state index in [4.69, 9.17) is 16.7 Å². The number of ketones is 1. The lowest BCUT2D eigenvalue weighted by atomic mass is 9.86. The van der Waals surface area contributed by atoms with Crippen LogP contribution in [0.2, 0.25) is 5.02 Å². The first kappa shape index (κ1) is 30.1. The first-order chi connectivity index (χ1) is 15.7. The molecule has 34 heavy (non-hydrogen) atoms. The van der Waals surface area contributed by atoms with Gasteiger partial charge in [0.05, 0.1) is 12.0 Å². The molecule has 1 unspecified atom stereocenters. The highest BCUT2D eigenvalue weighted by atomic mass is 79.9. The number of hydrogen-bond donors (Lipinski definition) is 2. The summed E-state index contributed by atoms with van der Waals surface area (Å²) in [5, 5.41) is 19.3. The smallest absolute Gasteiger partial charge is 0.421 e. The maximum Gasteiger partial charge on any atom is 0.421 e. The Morgan fingerprint density at radius 3 is 1.97 bits per heavy atom. The van der Waals surface area contributed by atoms with Crippen molar-refractivity contribution in [1.82, 2.24) is 4.90 Å². The number of nitrogens with zero attached hydrogens (tertiary/aromatic N) is 1. The van der Waals surface area contributed by atoms with Crippen LogP contribution in [-0.4, -0.2) is 52.7 Å². The van der Waals surface area contributed by atoms with Crippen LogP contribution in [-0.2, 0) is 5.60 Å². The molecule has 2 aromatic rings. The fourth-order valence-corrected chi connectivity index (χ4v) is 4.10. The standard InChI is InChI=1S/C18H13BrClF3O4.C6H15N/c1-9-4-10(2-3-14(9)16(25)26)15(24)8-17(27,18(21,22)23)11-5-12(19)7-13(20)6-11;1-4-7(5-2)6-3/h2-7,27H,8H2,1H3,(H,25,26);4-6H2,1-3H3. The van der Waals surface area contributed by atoms with Crippen molar-refractivity contribution >= 4 is 39.3 Å². The predicted molar refractivity (Wildman–Crippen MR) is 130 cm³/mol. The second-order valence-corrected chi connectivity index (χ2v) is 8.92. The van der Waals surface area contributed by atoms with Gasteiger partial charge in [0.2, 0.25) is 0 Å². The fourth-order valence-electron chi connectivity index (χ4n) is 3.24. The minimum Gasteiger partial charge on any atom is -0.478 e. The maximum atomic E-state index is 13.6. The monoisotopic (exact) mass is 565 g/mol. The minimum absolute atomic E-state index is 0.0452. The molecule has 0 aliphatic heterocycles. The van der Waals surface area contributed by atoms with Gasteiger partial charge in [0.25, 0.3) is 0 Å². The minimum atomic E-state index is -5.15. The number of carboxylic acid groups (broad SMARTS) is 1. The molecule has 0 amide bonds. The maximum absolute atomic E-state index is 13.6. The van der Waals surface area contributed by atoms with Gasteiger partial charge in [-0.25, -0.2) is 4.79 Å². The predicted octanol–water partition coefficient (Wildman–Crippen LogP) is 6.48. The van der Waals surface area contributed by atoms with Gasteiger partial charge in [-0.1, -0.05) is 54.4 Å². The third-order valence-corrected chi connectivity index (χ3v) is 6.02. The molecule has 2 rings (SSSR count). The van der Waals surface area contributed by atoms with Crippen LogP contribution in [0.25, 0.3) is 0 Å². The van der Waals surface area contributed by atoms with Crippen molar-refractivity contribution in [3.63, 3.8) is 0 Å². The zero-order valence-corrected chi connectivity index (χ0v) is 21.7. The Balaban J connectivity index is 0.000000718. The summed E-state index contributed by atoms with van der Waals surface area (Å²) in [6.45, 7) is 11.5. The lowest BCUT2D eigenvalue weighted by molar-refractivity contribution is -0.264. The van der Waals surface area contributed by atoms with E-state index in [0.29, 0.717) is 0 Å². The lowest BCUT2D eigenvalue weighted by Crippen LogP contribution is -2.44. The summed E-state index contributed by atoms with van der Waals surface area (Å²) in [5.41, 5.74) is -4.04. The summed E-state index contributed by atoms with van der Waals surface area (Å²) in [7, 11) is 0. The van der Waals surface area contributed by atoms with Crippen LogP contribution in [0.3, 0.4) is 0 Å². The lowest BCUT2D eigenvalue weighted by Gasteiger charge is -2.31. The highest BCUT2D eigenvalue weighted by Crippen LogP contribution is 2.43. The van der Waals surface area contributed by atoms with E-state index in [2.05, 4.69) is 41.6 Å². The summed E-state index contributed by atoms with van der Waals surface area (Å²) in [5.74, 6) is -2.21. The average molecular weight is 567 g/mol. The molecule has 0 bridgehead atoms. The number of carbonyl (C=O) groups excluding carboxylic acids is 1. The number of aromatic carboxylic acids is 1. The molecule has 0 heterocycles. The van der Waals surface area contributed by atoms with Crippen LogP contribution in [0, 0.1) is 6.92 Å². The number of carboxylic acids is 1. The topological polar surface area (TPSA) is 77.8 Å². The van der Waals surface area contributed by atoms with E-state index in [1.165, 1.54) is 38.7 Å². The molecule has 0 saturated carbocycles. The number of halogens is 5. The molecule has 0 spiro atoms. The highest BCUT2D eigenvalue weighted by Gasteiger charge is 2.56. The van der Waals surface area contributed by atoms with Gasteiger partial charge < -0.3 is 15.1 Å². The summed E-state index contributed by atoms with van der Waals surface area (Å²) >= 11 is 8.79. The van der Waals surface area contributed by atoms with Gasteiger partial charge in [0, 0.05) is 15.1 Å². The molecule has 0 fully saturated rings. The normalized spacial score (nSPS) is 13.1. The third-order valence-electron chi connectivity index (χ3n) is 5.35. The first-order valence-electron chi connectivity index (χ1n) is 10.5. The van der Waals surface area contributed by atoms with Crippen LogP contribution in [0.5, 0.6) is 0 Å². The van der Waals surface area contributed by atoms with Crippen molar-refractivity contribution in [2.75, 3.05) is 19.6 Å². The van der Waals surface area contributed by atoms with Crippen molar-refractivity contribution in [3.05, 3.63) is 68.1 Å². The number of aliphatic hydroxyl groups is 1. The summed E-state index contributed by atoms with van der Waals surface area (Å²) in [6, 6.07) is 6.74. The van der Waals surface area contributed by atoms with Crippen LogP contribution in [0.4, 0.5) is 13.2 Å². The zero-order chi connectivity index (χ0) is 26.3. The molecule has 10 heteroatoms. The molecule has 5 nitrogen and oxygen atoms in total. The fraction of sp³-hybridized carbons (Fsp3) is 0.417. The van der Waals surface area contributed by atoms with E-state index in [1.54, 1.807) is 0 Å². The Bertz CT molecular complexity index is 986. The van der Waals surface area contributed by atoms with E-state index in [1.807, 2.05) is 0 Å². The van der Waals surface area contributed by atoms with Gasteiger partial charge in [0.15, 0.2) is 11.4 Å². The molecule has 2 aromatic carbocycles. The van der Waals surface area contributed by atoms with E-state index >= 15 is 0 Å². The van der Waals surface area contributed by atoms with Crippen molar-refractivity contribution in [2.45, 2.75) is 45.9 Å². The molecule has 0 aromatic heterocycles. The van der Waals surface area contributed by atoms with Crippen molar-refractivity contribution in [2.24, 2.45) is 0 Å². The largest absolute Gasteiger partial charge is 0.478 e. The molecule has 0 aliphatic rings. The quantitative estimate of drug-likeness (QED) is 0.358. The molecule has 0 aliphatic carbocycles. The molecule has 0 radical (unpaired) electrons. The Kier molecular flexibility index (Phi) is 11.2. The van der Waals surface area contributed by atoms with E-state index in [-0.39, 0.29) is 26.2 Å². The number of alkyl halides is 3. The van der Waals surface area contributed by atoms with Gasteiger partial charge in [-0.2, -0.15) is 13.2 Å². The molecule has 2 N–H and O–H groups in total. The molecule has 188 valence electrons. The molecule has 1 atom stereocenters. The second-order valence-electron chi connectivity index (χ2n) is 7.57. The molecule has 0 saturated heterocycles. The number of Topliss-reactive ketones (excluding diaryl/α,β-unsaturated/α-hetero) is 1. The van der Waals surface area contributed by atoms with Crippen LogP contribution >= 0.6 is 27.5 Å². The van der Waals surface area contributed by atoms with Gasteiger partial charge in [0.1, 0.15) is 0 Å². The van der Waals surface area contributed by atoms with E-state index in [9.17, 15) is 27.9 Å². The van der Waals surface area contributed by atoms with Gasteiger partial charge >= 0.3 is 12.1 Å². The van der Waals surface area contributed by atoms with Crippen molar-refractivity contribution < 1.29 is 33.0 Å². The van der Waals surface area contributed by atoms with Crippen LogP contribution in [0.15, 0.2) is 40.9 Å². The van der Waals surface area contributed by atoms with Gasteiger partial charge in [-0.3, -0.25) is 4.79 Å². The van der Waals surface area contributed by atoms with Crippen LogP contribution in [0.1, 0.15) is 59.0 Å². The Morgan fingerprint density at radius 1 is 1.03 bits per heavy atom. The number of aryl methyl sites for hydroxylation is 1. The van der Waals surface area contributed by atoms with Gasteiger partial charge in [-0.05, 0) is 68.0 Å². The number of benzene rings is 2. The highest BCUT2D eigenvalue weighted by molar-refractivity contribution is 9.10. The number of rotatable bonds is 8. The molecular weight excluding hydrogens is 539 g/mol. The van der Waals surface area contributed by atoms with Crippen molar-refractivity contribution in [1.29, 1.82) is 0 Å². The first-order valence-corrected chi connectivity index (χ1v) is 11.7. The second kappa shape index (κ2) is 12.7. The van der Waals surface area contributed by atoms with Crippen LogP contribution < -0.4 is 0 Å². The Labute approximate surface area is 210 Å². The number of hydrogen-bond acceptors (Lipinski definition) is 4. The summed E-state index contributed by atoms with van der Waals surface area (Å²) in [4.78, 5) is 25.8. The van der Waals surface area contributed by atoms with Crippen molar-refractivity contribution in [3.8, 4) is 0 Å². The Hall–Kier alpha value is -1.94. The summed E-state index contributed by atoms with van der Waals surface area (Å²) in [6.07, 6.45) is -6.43.